The van der Waals surface area contributed by atoms with E-state index in [9.17, 15) is 4.79 Å². The molecule has 2 aromatic carbocycles. The van der Waals surface area contributed by atoms with E-state index in [-0.39, 0.29) is 5.91 Å². The number of fused-ring (bicyclic) bond motifs is 1. The number of hydrogen-bond acceptors (Lipinski definition) is 3. The Kier molecular flexibility index (Phi) is 5.45. The molecule has 5 rings (SSSR count). The molecular weight excluding hydrogens is 376 g/mol. The van der Waals surface area contributed by atoms with Gasteiger partial charge in [-0.3, -0.25) is 4.79 Å². The predicted molar refractivity (Wildman–Crippen MR) is 116 cm³/mol. The lowest BCUT2D eigenvalue weighted by Gasteiger charge is -2.29. The molecule has 0 aromatic heterocycles. The number of amides is 1. The fraction of sp³-hybridized carbons (Fsp3) is 0.400. The number of rotatable bonds is 4. The standard InChI is InChI=1S/C25H28N2O3/c28-25(26-13-10-20(11-14-26)19-5-2-1-3-6-19)18-27-12-4-7-22(27)21-8-9-23-24(17-21)30-16-15-29-23/h1-3,5-6,8-10,17,22H,4,7,11-16,18H2/p+1/t22-/m1/s1. The van der Waals surface area contributed by atoms with E-state index in [1.807, 2.05) is 17.0 Å². The third-order valence-corrected chi connectivity index (χ3v) is 6.54. The van der Waals surface area contributed by atoms with Crippen molar-refractivity contribution < 1.29 is 19.2 Å². The van der Waals surface area contributed by atoms with E-state index >= 15 is 0 Å². The van der Waals surface area contributed by atoms with Gasteiger partial charge in [0.1, 0.15) is 19.3 Å². The van der Waals surface area contributed by atoms with Crippen LogP contribution in [-0.4, -0.2) is 50.2 Å². The molecule has 2 atom stereocenters. The Labute approximate surface area is 177 Å². The highest BCUT2D eigenvalue weighted by Crippen LogP contribution is 2.33. The topological polar surface area (TPSA) is 43.2 Å². The third kappa shape index (κ3) is 3.94. The molecule has 0 radical (unpaired) electrons. The summed E-state index contributed by atoms with van der Waals surface area (Å²) in [6.45, 7) is 4.34. The van der Waals surface area contributed by atoms with E-state index in [1.165, 1.54) is 21.6 Å². The number of carbonyl (C=O) groups is 1. The van der Waals surface area contributed by atoms with E-state index in [0.29, 0.717) is 32.3 Å². The highest BCUT2D eigenvalue weighted by Gasteiger charge is 2.34. The lowest BCUT2D eigenvalue weighted by molar-refractivity contribution is -0.910. The van der Waals surface area contributed by atoms with Gasteiger partial charge in [0.05, 0.1) is 6.54 Å². The number of nitrogens with zero attached hydrogens (tertiary/aromatic N) is 1. The van der Waals surface area contributed by atoms with E-state index in [2.05, 4.69) is 42.5 Å². The summed E-state index contributed by atoms with van der Waals surface area (Å²) in [7, 11) is 0. The number of ether oxygens (including phenoxy) is 2. The first-order valence-corrected chi connectivity index (χ1v) is 11.0. The van der Waals surface area contributed by atoms with Crippen molar-refractivity contribution in [1.82, 2.24) is 4.90 Å². The Morgan fingerprint density at radius 1 is 1.07 bits per heavy atom. The van der Waals surface area contributed by atoms with Crippen LogP contribution in [0.4, 0.5) is 0 Å². The second-order valence-corrected chi connectivity index (χ2v) is 8.37. The zero-order valence-corrected chi connectivity index (χ0v) is 17.3. The average molecular weight is 406 g/mol. The maximum atomic E-state index is 13.0. The molecule has 2 aromatic rings. The lowest BCUT2D eigenvalue weighted by atomic mass is 9.99. The zero-order chi connectivity index (χ0) is 20.3. The summed E-state index contributed by atoms with van der Waals surface area (Å²) in [6.07, 6.45) is 5.41. The Hall–Kier alpha value is -2.79. The van der Waals surface area contributed by atoms with Crippen molar-refractivity contribution >= 4 is 11.5 Å². The summed E-state index contributed by atoms with van der Waals surface area (Å²) in [5.74, 6) is 1.93. The van der Waals surface area contributed by atoms with Crippen molar-refractivity contribution in [3.63, 3.8) is 0 Å². The van der Waals surface area contributed by atoms with Gasteiger partial charge in [-0.1, -0.05) is 36.4 Å². The van der Waals surface area contributed by atoms with Crippen LogP contribution in [0.3, 0.4) is 0 Å². The van der Waals surface area contributed by atoms with Crippen molar-refractivity contribution in [2.45, 2.75) is 25.3 Å². The first-order chi connectivity index (χ1) is 14.8. The van der Waals surface area contributed by atoms with Crippen molar-refractivity contribution in [1.29, 1.82) is 0 Å². The molecule has 3 aliphatic heterocycles. The average Bonchev–Trinajstić information content (AvgIpc) is 3.27. The summed E-state index contributed by atoms with van der Waals surface area (Å²) in [5.41, 5.74) is 3.88. The molecule has 1 saturated heterocycles. The summed E-state index contributed by atoms with van der Waals surface area (Å²) in [4.78, 5) is 16.4. The van der Waals surface area contributed by atoms with Crippen LogP contribution in [0.15, 0.2) is 54.6 Å². The number of carbonyl (C=O) groups excluding carboxylic acids is 1. The Bertz CT molecular complexity index is 941. The second-order valence-electron chi connectivity index (χ2n) is 8.37. The van der Waals surface area contributed by atoms with E-state index in [1.54, 1.807) is 0 Å². The molecule has 0 saturated carbocycles. The van der Waals surface area contributed by atoms with Crippen LogP contribution in [0.2, 0.25) is 0 Å². The maximum absolute atomic E-state index is 13.0. The van der Waals surface area contributed by atoms with Gasteiger partial charge in [-0.2, -0.15) is 0 Å². The highest BCUT2D eigenvalue weighted by atomic mass is 16.6. The molecule has 3 aliphatic rings. The molecule has 5 nitrogen and oxygen atoms in total. The molecule has 5 heteroatoms. The molecule has 1 unspecified atom stereocenters. The monoisotopic (exact) mass is 405 g/mol. The minimum Gasteiger partial charge on any atom is -0.486 e. The molecule has 1 fully saturated rings. The molecule has 3 heterocycles. The van der Waals surface area contributed by atoms with Gasteiger partial charge in [-0.15, -0.1) is 0 Å². The van der Waals surface area contributed by atoms with Gasteiger partial charge in [-0.05, 0) is 35.8 Å². The Morgan fingerprint density at radius 3 is 2.70 bits per heavy atom. The fourth-order valence-electron chi connectivity index (χ4n) is 4.92. The summed E-state index contributed by atoms with van der Waals surface area (Å²) in [5, 5.41) is 0. The lowest BCUT2D eigenvalue weighted by Crippen LogP contribution is -3.11. The largest absolute Gasteiger partial charge is 0.486 e. The van der Waals surface area contributed by atoms with Crippen LogP contribution in [0.25, 0.3) is 5.57 Å². The molecule has 1 N–H and O–H groups in total. The molecule has 1 amide bonds. The van der Waals surface area contributed by atoms with E-state index in [0.717, 1.165) is 43.9 Å². The number of hydrogen-bond donors (Lipinski definition) is 1. The highest BCUT2D eigenvalue weighted by molar-refractivity contribution is 5.79. The van der Waals surface area contributed by atoms with Gasteiger partial charge in [0.25, 0.3) is 5.91 Å². The molecular formula is C25H29N2O3+. The van der Waals surface area contributed by atoms with Gasteiger partial charge in [-0.25, -0.2) is 0 Å². The van der Waals surface area contributed by atoms with Gasteiger partial charge >= 0.3 is 0 Å². The summed E-state index contributed by atoms with van der Waals surface area (Å²) < 4.78 is 11.4. The van der Waals surface area contributed by atoms with E-state index in [4.69, 9.17) is 9.47 Å². The number of nitrogens with one attached hydrogen (secondary N) is 1. The number of benzene rings is 2. The Morgan fingerprint density at radius 2 is 1.90 bits per heavy atom. The van der Waals surface area contributed by atoms with Crippen LogP contribution < -0.4 is 14.4 Å². The quantitative estimate of drug-likeness (QED) is 0.850. The van der Waals surface area contributed by atoms with Crippen LogP contribution in [0.1, 0.15) is 36.4 Å². The Balaban J connectivity index is 1.23. The fourth-order valence-corrected chi connectivity index (χ4v) is 4.92. The SMILES string of the molecule is O=C(C[NH+]1CCC[C@@H]1c1ccc2c(c1)OCCO2)N1CC=C(c2ccccc2)CC1. The van der Waals surface area contributed by atoms with Gasteiger partial charge in [0.2, 0.25) is 0 Å². The number of quaternary nitrogens is 1. The van der Waals surface area contributed by atoms with E-state index < -0.39 is 0 Å². The smallest absolute Gasteiger partial charge is 0.278 e. The first kappa shape index (κ1) is 19.2. The number of likely N-dealkylation sites (tertiary alicyclic amines) is 1. The van der Waals surface area contributed by atoms with Crippen LogP contribution in [0, 0.1) is 0 Å². The molecule has 0 aliphatic carbocycles. The minimum absolute atomic E-state index is 0.262. The van der Waals surface area contributed by atoms with Crippen LogP contribution >= 0.6 is 0 Å². The molecule has 0 bridgehead atoms. The molecule has 0 spiro atoms. The molecule has 30 heavy (non-hydrogen) atoms. The van der Waals surface area contributed by atoms with Gasteiger partial charge in [0, 0.05) is 31.5 Å². The van der Waals surface area contributed by atoms with Crippen molar-refractivity contribution in [2.24, 2.45) is 0 Å². The maximum Gasteiger partial charge on any atom is 0.278 e. The third-order valence-electron chi connectivity index (χ3n) is 6.54. The van der Waals surface area contributed by atoms with Gasteiger partial charge in [0.15, 0.2) is 18.0 Å². The molecule has 156 valence electrons. The van der Waals surface area contributed by atoms with Crippen molar-refractivity contribution in [3.8, 4) is 11.5 Å². The normalized spacial score (nSPS) is 23.2. The van der Waals surface area contributed by atoms with Crippen LogP contribution in [0.5, 0.6) is 11.5 Å². The zero-order valence-electron chi connectivity index (χ0n) is 17.3. The van der Waals surface area contributed by atoms with Crippen molar-refractivity contribution in [2.75, 3.05) is 39.4 Å². The summed E-state index contributed by atoms with van der Waals surface area (Å²) >= 11 is 0. The van der Waals surface area contributed by atoms with Crippen molar-refractivity contribution in [3.05, 3.63) is 65.7 Å². The first-order valence-electron chi connectivity index (χ1n) is 11.0. The van der Waals surface area contributed by atoms with Crippen LogP contribution in [-0.2, 0) is 4.79 Å². The predicted octanol–water partition coefficient (Wildman–Crippen LogP) is 2.49. The van der Waals surface area contributed by atoms with Gasteiger partial charge < -0.3 is 19.3 Å². The summed E-state index contributed by atoms with van der Waals surface area (Å²) in [6, 6.07) is 17.1. The minimum atomic E-state index is 0.262. The second kappa shape index (κ2) is 8.52.